The van der Waals surface area contributed by atoms with E-state index < -0.39 is 0 Å². The first-order chi connectivity index (χ1) is 12.8. The van der Waals surface area contributed by atoms with Gasteiger partial charge in [-0.15, -0.1) is 0 Å². The lowest BCUT2D eigenvalue weighted by molar-refractivity contribution is -0.121. The molecule has 0 atom stereocenters. The average Bonchev–Trinajstić information content (AvgIpc) is 2.61. The van der Waals surface area contributed by atoms with Crippen molar-refractivity contribution < 1.29 is 9.53 Å². The van der Waals surface area contributed by atoms with Crippen LogP contribution in [0, 0.1) is 6.92 Å². The number of hydrogen-bond donors (Lipinski definition) is 2. The van der Waals surface area contributed by atoms with Crippen LogP contribution in [0.2, 0.25) is 0 Å². The number of carbonyl (C=O) groups excluding carboxylic acids is 1. The Bertz CT molecular complexity index is 816. The molecule has 2 rings (SSSR count). The van der Waals surface area contributed by atoms with Gasteiger partial charge in [-0.25, -0.2) is 0 Å². The molecular formula is C22H28N2O2S. The van der Waals surface area contributed by atoms with Crippen molar-refractivity contribution in [3.05, 3.63) is 59.2 Å². The van der Waals surface area contributed by atoms with Crippen LogP contribution in [0.5, 0.6) is 5.75 Å². The molecule has 4 nitrogen and oxygen atoms in total. The summed E-state index contributed by atoms with van der Waals surface area (Å²) < 4.78 is 5.70. The van der Waals surface area contributed by atoms with Gasteiger partial charge in [0, 0.05) is 5.69 Å². The molecule has 0 fully saturated rings. The number of carbonyl (C=O) groups is 1. The number of nitrogens with one attached hydrogen (secondary N) is 2. The number of hydrogen-bond acceptors (Lipinski definition) is 3. The number of para-hydroxylation sites is 2. The standard InChI is InChI=1S/C22H28N2O2S/c1-14(2)17-10-6-7-12-19(17)26-13-20(25)23-22(27)24-21-16(5)9-8-11-18(21)15(3)4/h6-12,14-15H,13H2,1-5H3,(H2,23,24,25,27). The van der Waals surface area contributed by atoms with Crippen LogP contribution >= 0.6 is 12.2 Å². The van der Waals surface area contributed by atoms with Gasteiger partial charge >= 0.3 is 0 Å². The maximum atomic E-state index is 12.2. The first-order valence-corrected chi connectivity index (χ1v) is 9.62. The van der Waals surface area contributed by atoms with Crippen LogP contribution in [0.3, 0.4) is 0 Å². The Morgan fingerprint density at radius 2 is 1.63 bits per heavy atom. The first-order valence-electron chi connectivity index (χ1n) is 9.21. The number of ether oxygens (including phenoxy) is 1. The van der Waals surface area contributed by atoms with E-state index in [2.05, 4.69) is 44.4 Å². The number of anilines is 1. The van der Waals surface area contributed by atoms with Crippen LogP contribution in [0.1, 0.15) is 56.2 Å². The Labute approximate surface area is 167 Å². The van der Waals surface area contributed by atoms with Gasteiger partial charge in [-0.1, -0.05) is 64.1 Å². The van der Waals surface area contributed by atoms with Crippen LogP contribution < -0.4 is 15.4 Å². The summed E-state index contributed by atoms with van der Waals surface area (Å²) in [5.41, 5.74) is 4.27. The maximum Gasteiger partial charge on any atom is 0.264 e. The second-order valence-electron chi connectivity index (χ2n) is 7.18. The van der Waals surface area contributed by atoms with E-state index in [1.165, 1.54) is 0 Å². The molecule has 144 valence electrons. The summed E-state index contributed by atoms with van der Waals surface area (Å²) in [7, 11) is 0. The minimum atomic E-state index is -0.286. The normalized spacial score (nSPS) is 10.8. The van der Waals surface area contributed by atoms with E-state index >= 15 is 0 Å². The second-order valence-corrected chi connectivity index (χ2v) is 7.59. The summed E-state index contributed by atoms with van der Waals surface area (Å²) in [4.78, 5) is 12.2. The van der Waals surface area contributed by atoms with Gasteiger partial charge in [-0.2, -0.15) is 0 Å². The minimum absolute atomic E-state index is 0.0869. The predicted molar refractivity (Wildman–Crippen MR) is 116 cm³/mol. The van der Waals surface area contributed by atoms with Gasteiger partial charge in [-0.05, 0) is 53.7 Å². The lowest BCUT2D eigenvalue weighted by Gasteiger charge is -2.18. The molecule has 27 heavy (non-hydrogen) atoms. The fraction of sp³-hybridized carbons (Fsp3) is 0.364. The Morgan fingerprint density at radius 1 is 1.00 bits per heavy atom. The monoisotopic (exact) mass is 384 g/mol. The summed E-state index contributed by atoms with van der Waals surface area (Å²) >= 11 is 5.32. The van der Waals surface area contributed by atoms with Gasteiger partial charge in [0.15, 0.2) is 11.7 Å². The molecule has 0 aliphatic heterocycles. The Hall–Kier alpha value is -2.40. The third kappa shape index (κ3) is 5.79. The molecule has 2 N–H and O–H groups in total. The smallest absolute Gasteiger partial charge is 0.264 e. The molecule has 0 unspecified atom stereocenters. The molecule has 0 saturated heterocycles. The lowest BCUT2D eigenvalue weighted by Crippen LogP contribution is -2.37. The summed E-state index contributed by atoms with van der Waals surface area (Å²) in [6.45, 7) is 10.4. The first kappa shape index (κ1) is 20.9. The number of rotatable bonds is 6. The Kier molecular flexibility index (Phi) is 7.36. The van der Waals surface area contributed by atoms with Crippen molar-refractivity contribution >= 4 is 28.9 Å². The van der Waals surface area contributed by atoms with Crippen molar-refractivity contribution in [2.24, 2.45) is 0 Å². The molecule has 0 saturated carbocycles. The van der Waals surface area contributed by atoms with Crippen LogP contribution in [-0.4, -0.2) is 17.6 Å². The third-order valence-corrected chi connectivity index (χ3v) is 4.52. The fourth-order valence-electron chi connectivity index (χ4n) is 2.88. The van der Waals surface area contributed by atoms with E-state index in [9.17, 15) is 4.79 Å². The van der Waals surface area contributed by atoms with Crippen molar-refractivity contribution in [3.8, 4) is 5.75 Å². The number of amides is 1. The van der Waals surface area contributed by atoms with Crippen molar-refractivity contribution in [2.75, 3.05) is 11.9 Å². The van der Waals surface area contributed by atoms with E-state index in [-0.39, 0.29) is 17.6 Å². The van der Waals surface area contributed by atoms with E-state index in [1.807, 2.05) is 43.3 Å². The fourth-order valence-corrected chi connectivity index (χ4v) is 3.10. The molecule has 2 aromatic rings. The van der Waals surface area contributed by atoms with Gasteiger partial charge in [0.05, 0.1) is 0 Å². The topological polar surface area (TPSA) is 50.4 Å². The quantitative estimate of drug-likeness (QED) is 0.678. The van der Waals surface area contributed by atoms with Crippen molar-refractivity contribution in [3.63, 3.8) is 0 Å². The highest BCUT2D eigenvalue weighted by atomic mass is 32.1. The van der Waals surface area contributed by atoms with Crippen LogP contribution in [0.25, 0.3) is 0 Å². The molecular weight excluding hydrogens is 356 g/mol. The molecule has 0 aliphatic rings. The number of aryl methyl sites for hydroxylation is 1. The molecule has 1 amide bonds. The molecule has 5 heteroatoms. The second kappa shape index (κ2) is 9.51. The van der Waals surface area contributed by atoms with Gasteiger partial charge < -0.3 is 10.1 Å². The molecule has 0 radical (unpaired) electrons. The Balaban J connectivity index is 1.97. The molecule has 0 aliphatic carbocycles. The van der Waals surface area contributed by atoms with Crippen molar-refractivity contribution in [1.29, 1.82) is 0 Å². The molecule has 0 aromatic heterocycles. The summed E-state index contributed by atoms with van der Waals surface area (Å²) in [5, 5.41) is 6.13. The van der Waals surface area contributed by atoms with Crippen molar-refractivity contribution in [1.82, 2.24) is 5.32 Å². The lowest BCUT2D eigenvalue weighted by atomic mass is 9.98. The zero-order valence-corrected chi connectivity index (χ0v) is 17.4. The zero-order valence-electron chi connectivity index (χ0n) is 16.6. The summed E-state index contributed by atoms with van der Waals surface area (Å²) in [6.07, 6.45) is 0. The largest absolute Gasteiger partial charge is 0.483 e. The van der Waals surface area contributed by atoms with Gasteiger partial charge in [-0.3, -0.25) is 10.1 Å². The average molecular weight is 385 g/mol. The van der Waals surface area contributed by atoms with E-state index in [0.717, 1.165) is 28.1 Å². The minimum Gasteiger partial charge on any atom is -0.483 e. The predicted octanol–water partition coefficient (Wildman–Crippen LogP) is 5.13. The summed E-state index contributed by atoms with van der Waals surface area (Å²) in [5.74, 6) is 1.11. The molecule has 0 spiro atoms. The Morgan fingerprint density at radius 3 is 2.30 bits per heavy atom. The van der Waals surface area contributed by atoms with Gasteiger partial charge in [0.25, 0.3) is 5.91 Å². The van der Waals surface area contributed by atoms with E-state index in [4.69, 9.17) is 17.0 Å². The molecule has 0 heterocycles. The third-order valence-electron chi connectivity index (χ3n) is 4.32. The number of benzene rings is 2. The zero-order chi connectivity index (χ0) is 20.0. The SMILES string of the molecule is Cc1cccc(C(C)C)c1NC(=S)NC(=O)COc1ccccc1C(C)C. The number of thiocarbonyl (C=S) groups is 1. The van der Waals surface area contributed by atoms with Gasteiger partial charge in [0.2, 0.25) is 0 Å². The van der Waals surface area contributed by atoms with E-state index in [0.29, 0.717) is 11.8 Å². The highest BCUT2D eigenvalue weighted by molar-refractivity contribution is 7.80. The van der Waals surface area contributed by atoms with Crippen molar-refractivity contribution in [2.45, 2.75) is 46.5 Å². The highest BCUT2D eigenvalue weighted by Crippen LogP contribution is 2.27. The van der Waals surface area contributed by atoms with Crippen LogP contribution in [0.15, 0.2) is 42.5 Å². The van der Waals surface area contributed by atoms with Crippen LogP contribution in [0.4, 0.5) is 5.69 Å². The molecule has 0 bridgehead atoms. The van der Waals surface area contributed by atoms with Gasteiger partial charge in [0.1, 0.15) is 5.75 Å². The highest BCUT2D eigenvalue weighted by Gasteiger charge is 2.13. The molecule has 2 aromatic carbocycles. The van der Waals surface area contributed by atoms with E-state index in [1.54, 1.807) is 0 Å². The van der Waals surface area contributed by atoms with Crippen LogP contribution in [-0.2, 0) is 4.79 Å². The maximum absolute atomic E-state index is 12.2. The summed E-state index contributed by atoms with van der Waals surface area (Å²) in [6, 6.07) is 13.9.